The fraction of sp³-hybridized carbons (Fsp3) is 0.622. The zero-order chi connectivity index (χ0) is 37.7. The molecule has 1 aromatic heterocycles. The monoisotopic (exact) mass is 782 g/mol. The Morgan fingerprint density at radius 3 is 1.58 bits per heavy atom. The zero-order valence-corrected chi connectivity index (χ0v) is 34.6. The van der Waals surface area contributed by atoms with Crippen LogP contribution in [0, 0.1) is 0 Å². The number of aliphatic hydroxyl groups excluding tert-OH is 1. The summed E-state index contributed by atoms with van der Waals surface area (Å²) in [5, 5.41) is 24.0. The average Bonchev–Trinajstić information content (AvgIpc) is 3.11. The molecular weight excluding hydrogens is 716 g/mol. The van der Waals surface area contributed by atoms with Gasteiger partial charge in [0.15, 0.2) is 0 Å². The van der Waals surface area contributed by atoms with Crippen LogP contribution in [0.2, 0.25) is 0 Å². The Balaban J connectivity index is 1.91. The number of hydrogen-bond donors (Lipinski definition) is 2. The normalized spacial score (nSPS) is 11.4. The van der Waals surface area contributed by atoms with Gasteiger partial charge in [-0.05, 0) is 65.4 Å². The Morgan fingerprint density at radius 1 is 0.654 bits per heavy atom. The predicted molar refractivity (Wildman–Crippen MR) is 223 cm³/mol. The molecule has 0 aliphatic rings. The molecule has 0 saturated carbocycles. The Hall–Kier alpha value is -2.77. The van der Waals surface area contributed by atoms with Crippen molar-refractivity contribution in [3.05, 3.63) is 62.3 Å². The predicted octanol–water partition coefficient (Wildman–Crippen LogP) is 13.0. The molecule has 0 atom stereocenters. The van der Waals surface area contributed by atoms with Crippen molar-refractivity contribution in [3.8, 4) is 17.2 Å². The number of allylic oxidation sites excluding steroid dienone is 4. The summed E-state index contributed by atoms with van der Waals surface area (Å²) in [5.74, 6) is 0.978. The van der Waals surface area contributed by atoms with Crippen LogP contribution in [0.15, 0.2) is 44.6 Å². The van der Waals surface area contributed by atoms with Gasteiger partial charge in [0, 0.05) is 28.6 Å². The van der Waals surface area contributed by atoms with Gasteiger partial charge in [-0.1, -0.05) is 136 Å². The fourth-order valence-corrected chi connectivity index (χ4v) is 7.16. The number of rotatable bonds is 27. The van der Waals surface area contributed by atoms with Crippen LogP contribution in [-0.4, -0.2) is 28.8 Å². The number of ether oxygens (including phenoxy) is 2. The number of aromatic hydroxyl groups is 1. The van der Waals surface area contributed by atoms with Crippen LogP contribution in [0.3, 0.4) is 0 Å². The first kappa shape index (κ1) is 43.6. The number of alkyl halides is 1. The largest absolute Gasteiger partial charge is 0.507 e. The van der Waals surface area contributed by atoms with Gasteiger partial charge < -0.3 is 24.1 Å². The van der Waals surface area contributed by atoms with Gasteiger partial charge in [-0.2, -0.15) is 0 Å². The molecule has 6 nitrogen and oxygen atoms in total. The van der Waals surface area contributed by atoms with E-state index >= 15 is 0 Å². The third kappa shape index (κ3) is 13.9. The summed E-state index contributed by atoms with van der Waals surface area (Å²) in [6, 6.07) is 3.52. The van der Waals surface area contributed by atoms with Crippen LogP contribution in [0.4, 0.5) is 0 Å². The lowest BCUT2D eigenvalue weighted by molar-refractivity contribution is 0.259. The van der Waals surface area contributed by atoms with E-state index in [-0.39, 0.29) is 28.8 Å². The third-order valence-electron chi connectivity index (χ3n) is 9.85. The van der Waals surface area contributed by atoms with Crippen molar-refractivity contribution in [2.24, 2.45) is 0 Å². The van der Waals surface area contributed by atoms with Gasteiger partial charge in [0.25, 0.3) is 0 Å². The van der Waals surface area contributed by atoms with E-state index in [1.165, 1.54) is 83.5 Å². The summed E-state index contributed by atoms with van der Waals surface area (Å²) < 4.78 is 19.1. The minimum Gasteiger partial charge on any atom is -0.507 e. The highest BCUT2D eigenvalue weighted by molar-refractivity contribution is 9.09. The van der Waals surface area contributed by atoms with E-state index < -0.39 is 0 Å². The van der Waals surface area contributed by atoms with E-state index in [0.717, 1.165) is 42.2 Å². The molecule has 0 saturated heterocycles. The second-order valence-electron chi connectivity index (χ2n) is 14.9. The molecule has 0 unspecified atom stereocenters. The lowest BCUT2D eigenvalue weighted by Crippen LogP contribution is -2.11. The van der Waals surface area contributed by atoms with Gasteiger partial charge in [-0.25, -0.2) is 0 Å². The van der Waals surface area contributed by atoms with Gasteiger partial charge in [0.1, 0.15) is 33.8 Å². The summed E-state index contributed by atoms with van der Waals surface area (Å²) in [7, 11) is 0. The Kier molecular flexibility index (Phi) is 20.6. The smallest absolute Gasteiger partial charge is 0.204 e. The lowest BCUT2D eigenvalue weighted by atomic mass is 9.95. The highest BCUT2D eigenvalue weighted by atomic mass is 79.9. The third-order valence-corrected chi connectivity index (χ3v) is 10.4. The van der Waals surface area contributed by atoms with E-state index in [1.54, 1.807) is 12.1 Å². The van der Waals surface area contributed by atoms with Crippen molar-refractivity contribution in [2.75, 3.05) is 18.5 Å². The topological polar surface area (TPSA) is 89.1 Å². The van der Waals surface area contributed by atoms with Crippen LogP contribution in [0.25, 0.3) is 21.9 Å². The average molecular weight is 784 g/mol. The lowest BCUT2D eigenvalue weighted by Gasteiger charge is -2.18. The first-order valence-corrected chi connectivity index (χ1v) is 21.3. The van der Waals surface area contributed by atoms with Crippen molar-refractivity contribution in [2.45, 2.75) is 163 Å². The Labute approximate surface area is 322 Å². The Bertz CT molecular complexity index is 1630. The summed E-state index contributed by atoms with van der Waals surface area (Å²) >= 11 is 3.51. The summed E-state index contributed by atoms with van der Waals surface area (Å²) in [5.41, 5.74) is 4.41. The van der Waals surface area contributed by atoms with Crippen molar-refractivity contribution in [3.63, 3.8) is 0 Å². The summed E-state index contributed by atoms with van der Waals surface area (Å²) in [6.45, 7) is 11.1. The minimum atomic E-state index is -0.313. The first-order chi connectivity index (χ1) is 25.2. The van der Waals surface area contributed by atoms with Gasteiger partial charge in [0.2, 0.25) is 5.43 Å². The van der Waals surface area contributed by atoms with Crippen LogP contribution >= 0.6 is 15.9 Å². The number of hydrogen-bond acceptors (Lipinski definition) is 6. The highest BCUT2D eigenvalue weighted by Gasteiger charge is 2.24. The number of fused-ring (bicyclic) bond motifs is 2. The van der Waals surface area contributed by atoms with E-state index in [0.29, 0.717) is 65.2 Å². The molecule has 0 amide bonds. The number of halogens is 1. The SMILES string of the molecule is CCCCCCCCCCCOc1cc2oc3cc(OCCCCCCCCCCBr)c(CO)c(CC=C(C)C)c3c(=O)c2c(O)c1CC=C(C)C. The first-order valence-electron chi connectivity index (χ1n) is 20.2. The quantitative estimate of drug-likeness (QED) is 0.0346. The van der Waals surface area contributed by atoms with Gasteiger partial charge >= 0.3 is 0 Å². The van der Waals surface area contributed by atoms with Crippen LogP contribution < -0.4 is 14.9 Å². The fourth-order valence-electron chi connectivity index (χ4n) is 6.76. The molecule has 3 rings (SSSR count). The highest BCUT2D eigenvalue weighted by Crippen LogP contribution is 2.39. The maximum Gasteiger partial charge on any atom is 0.204 e. The van der Waals surface area contributed by atoms with Crippen molar-refractivity contribution < 1.29 is 24.1 Å². The molecule has 0 fully saturated rings. The Morgan fingerprint density at radius 2 is 1.10 bits per heavy atom. The molecular formula is C45H67BrO6. The molecule has 1 heterocycles. The van der Waals surface area contributed by atoms with E-state index in [1.807, 2.05) is 39.8 Å². The van der Waals surface area contributed by atoms with E-state index in [4.69, 9.17) is 13.9 Å². The van der Waals surface area contributed by atoms with Gasteiger partial charge in [-0.3, -0.25) is 4.79 Å². The van der Waals surface area contributed by atoms with Crippen LogP contribution in [0.1, 0.15) is 160 Å². The van der Waals surface area contributed by atoms with Crippen molar-refractivity contribution in [1.82, 2.24) is 0 Å². The molecule has 0 radical (unpaired) electrons. The minimum absolute atomic E-state index is 0.102. The molecule has 2 N–H and O–H groups in total. The van der Waals surface area contributed by atoms with Gasteiger partial charge in [0.05, 0.1) is 25.2 Å². The maximum absolute atomic E-state index is 14.4. The zero-order valence-electron chi connectivity index (χ0n) is 33.0. The molecule has 0 aliphatic heterocycles. The number of phenolic OH excluding ortho intramolecular Hbond substituents is 1. The number of aliphatic hydroxyl groups is 1. The van der Waals surface area contributed by atoms with Crippen molar-refractivity contribution in [1.29, 1.82) is 0 Å². The van der Waals surface area contributed by atoms with E-state index in [2.05, 4.69) is 22.9 Å². The van der Waals surface area contributed by atoms with Gasteiger partial charge in [-0.15, -0.1) is 0 Å². The maximum atomic E-state index is 14.4. The standard InChI is InChI=1S/C45H67BrO6/c1-6-7-8-9-10-12-15-18-21-28-50-38-30-41-43(44(48)36(38)26-24-34(4)5)45(49)42-35(25-23-33(2)3)37(32-47)39(31-40(42)52-41)51-29-22-19-16-13-11-14-17-20-27-46/h23-24,30-31,47-48H,6-22,25-29,32H2,1-5H3. The number of unbranched alkanes of at least 4 members (excludes halogenated alkanes) is 15. The molecule has 52 heavy (non-hydrogen) atoms. The number of benzene rings is 2. The second kappa shape index (κ2) is 24.5. The molecule has 7 heteroatoms. The summed E-state index contributed by atoms with van der Waals surface area (Å²) in [4.78, 5) is 14.4. The van der Waals surface area contributed by atoms with E-state index in [9.17, 15) is 15.0 Å². The van der Waals surface area contributed by atoms with Crippen molar-refractivity contribution >= 4 is 37.9 Å². The molecule has 0 spiro atoms. The molecule has 3 aromatic rings. The van der Waals surface area contributed by atoms with Crippen LogP contribution in [0.5, 0.6) is 17.2 Å². The van der Waals surface area contributed by atoms with Crippen LogP contribution in [-0.2, 0) is 19.4 Å². The summed E-state index contributed by atoms with van der Waals surface area (Å²) in [6.07, 6.45) is 25.4. The molecule has 0 aliphatic carbocycles. The molecule has 290 valence electrons. The molecule has 2 aromatic carbocycles. The molecule has 0 bridgehead atoms. The number of phenols is 1. The second-order valence-corrected chi connectivity index (χ2v) is 15.7.